The minimum Gasteiger partial charge on any atom is -0.465 e. The Labute approximate surface area is 154 Å². The summed E-state index contributed by atoms with van der Waals surface area (Å²) in [5.74, 6) is -1.20. The molecule has 0 saturated carbocycles. The van der Waals surface area contributed by atoms with E-state index >= 15 is 0 Å². The van der Waals surface area contributed by atoms with Gasteiger partial charge in [0.25, 0.3) is 5.91 Å². The summed E-state index contributed by atoms with van der Waals surface area (Å²) >= 11 is 1.30. The molecule has 0 aliphatic carbocycles. The lowest BCUT2D eigenvalue weighted by Gasteiger charge is -2.27. The molecule has 9 heteroatoms. The van der Waals surface area contributed by atoms with Gasteiger partial charge in [0.1, 0.15) is 5.25 Å². The third kappa shape index (κ3) is 4.23. The quantitative estimate of drug-likeness (QED) is 0.786. The number of nitrogens with one attached hydrogen (secondary N) is 1. The number of carbonyl (C=O) groups is 3. The van der Waals surface area contributed by atoms with E-state index in [9.17, 15) is 14.4 Å². The van der Waals surface area contributed by atoms with Crippen LogP contribution in [0.5, 0.6) is 0 Å². The van der Waals surface area contributed by atoms with Gasteiger partial charge in [0, 0.05) is 19.5 Å². The van der Waals surface area contributed by atoms with Gasteiger partial charge >= 0.3 is 5.97 Å². The van der Waals surface area contributed by atoms with E-state index in [2.05, 4.69) is 10.3 Å². The highest BCUT2D eigenvalue weighted by Crippen LogP contribution is 2.28. The zero-order valence-corrected chi connectivity index (χ0v) is 15.1. The number of amides is 2. The van der Waals surface area contributed by atoms with E-state index in [-0.39, 0.29) is 23.8 Å². The van der Waals surface area contributed by atoms with Crippen molar-refractivity contribution in [2.45, 2.75) is 11.7 Å². The van der Waals surface area contributed by atoms with Gasteiger partial charge in [-0.3, -0.25) is 9.59 Å². The molecule has 1 fully saturated rings. The number of morpholine rings is 1. The number of carbonyl (C=O) groups excluding carboxylic acids is 3. The maximum Gasteiger partial charge on any atom is 0.339 e. The first-order valence-electron chi connectivity index (χ1n) is 8.17. The second-order valence-corrected chi connectivity index (χ2v) is 6.90. The zero-order valence-electron chi connectivity index (χ0n) is 14.3. The minimum absolute atomic E-state index is 0.0175. The molecule has 3 rings (SSSR count). The Hall–Kier alpha value is -2.39. The Balaban J connectivity index is 1.59. The van der Waals surface area contributed by atoms with Crippen LogP contribution in [0.3, 0.4) is 0 Å². The van der Waals surface area contributed by atoms with Crippen LogP contribution in [0.2, 0.25) is 0 Å². The normalized spacial score (nSPS) is 19.9. The molecule has 0 spiro atoms. The maximum atomic E-state index is 12.3. The summed E-state index contributed by atoms with van der Waals surface area (Å²) in [6.45, 7) is 2.57. The molecule has 1 aromatic carbocycles. The standard InChI is InChI=1S/C17H19N3O5S/c1-24-16(23)11-4-2-3-5-12(11)18-14(21)10-13-15(22)19-17(26-13)20-6-8-25-9-7-20/h2-5,13H,6-10H2,1H3,(H,18,21)/t13-/m0/s1. The van der Waals surface area contributed by atoms with Crippen LogP contribution < -0.4 is 5.32 Å². The Kier molecular flexibility index (Phi) is 5.89. The third-order valence-electron chi connectivity index (χ3n) is 3.99. The molecular weight excluding hydrogens is 358 g/mol. The van der Waals surface area contributed by atoms with E-state index in [0.29, 0.717) is 37.2 Å². The number of nitrogens with zero attached hydrogens (tertiary/aromatic N) is 2. The van der Waals surface area contributed by atoms with Crippen molar-refractivity contribution in [3.63, 3.8) is 0 Å². The number of aliphatic imine (C=N–C) groups is 1. The van der Waals surface area contributed by atoms with Crippen LogP contribution in [-0.2, 0) is 19.1 Å². The second-order valence-electron chi connectivity index (χ2n) is 5.73. The lowest BCUT2D eigenvalue weighted by atomic mass is 10.1. The highest BCUT2D eigenvalue weighted by atomic mass is 32.2. The molecule has 2 amide bonds. The van der Waals surface area contributed by atoms with Gasteiger partial charge in [-0.1, -0.05) is 23.9 Å². The number of rotatable bonds is 4. The molecule has 0 unspecified atom stereocenters. The van der Waals surface area contributed by atoms with Crippen LogP contribution >= 0.6 is 11.8 Å². The van der Waals surface area contributed by atoms with Crippen LogP contribution in [0.15, 0.2) is 29.3 Å². The lowest BCUT2D eigenvalue weighted by Crippen LogP contribution is -2.39. The number of hydrogen-bond donors (Lipinski definition) is 1. The summed E-state index contributed by atoms with van der Waals surface area (Å²) in [4.78, 5) is 42.3. The molecule has 0 aromatic heterocycles. The molecule has 2 heterocycles. The Bertz CT molecular complexity index is 746. The SMILES string of the molecule is COC(=O)c1ccccc1NC(=O)C[C@@H]1SC(N2CCOCC2)=NC1=O. The third-order valence-corrected chi connectivity index (χ3v) is 5.20. The number of ether oxygens (including phenoxy) is 2. The predicted octanol–water partition coefficient (Wildman–Crippen LogP) is 1.13. The van der Waals surface area contributed by atoms with E-state index in [1.165, 1.54) is 18.9 Å². The van der Waals surface area contributed by atoms with Crippen LogP contribution in [0, 0.1) is 0 Å². The van der Waals surface area contributed by atoms with Crippen LogP contribution in [0.25, 0.3) is 0 Å². The molecule has 2 aliphatic rings. The van der Waals surface area contributed by atoms with Crippen LogP contribution in [-0.4, -0.2) is 66.5 Å². The number of hydrogen-bond acceptors (Lipinski definition) is 7. The number of anilines is 1. The van der Waals surface area contributed by atoms with Crippen molar-refractivity contribution in [2.75, 3.05) is 38.7 Å². The van der Waals surface area contributed by atoms with Crippen molar-refractivity contribution >= 4 is 40.4 Å². The largest absolute Gasteiger partial charge is 0.465 e. The average Bonchev–Trinajstić information content (AvgIpc) is 3.02. The van der Waals surface area contributed by atoms with Crippen molar-refractivity contribution in [2.24, 2.45) is 4.99 Å². The van der Waals surface area contributed by atoms with Gasteiger partial charge in [-0.15, -0.1) is 0 Å². The topological polar surface area (TPSA) is 97.3 Å². The molecule has 8 nitrogen and oxygen atoms in total. The smallest absolute Gasteiger partial charge is 0.339 e. The molecule has 1 atom stereocenters. The van der Waals surface area contributed by atoms with Gasteiger partial charge < -0.3 is 19.7 Å². The Morgan fingerprint density at radius 2 is 2.08 bits per heavy atom. The molecule has 0 bridgehead atoms. The summed E-state index contributed by atoms with van der Waals surface area (Å²) in [6, 6.07) is 6.57. The maximum absolute atomic E-state index is 12.3. The van der Waals surface area contributed by atoms with Crippen LogP contribution in [0.1, 0.15) is 16.8 Å². The zero-order chi connectivity index (χ0) is 18.5. The van der Waals surface area contributed by atoms with Crippen LogP contribution in [0.4, 0.5) is 5.69 Å². The molecule has 1 N–H and O–H groups in total. The number of para-hydroxylation sites is 1. The summed E-state index contributed by atoms with van der Waals surface area (Å²) in [7, 11) is 1.28. The number of esters is 1. The molecule has 138 valence electrons. The first kappa shape index (κ1) is 18.4. The first-order chi connectivity index (χ1) is 12.6. The van der Waals surface area contributed by atoms with Crippen molar-refractivity contribution in [1.29, 1.82) is 0 Å². The van der Waals surface area contributed by atoms with Crippen molar-refractivity contribution in [3.8, 4) is 0 Å². The molecular formula is C17H19N3O5S. The number of amidine groups is 1. The Morgan fingerprint density at radius 1 is 1.35 bits per heavy atom. The van der Waals surface area contributed by atoms with Gasteiger partial charge in [0.15, 0.2) is 5.17 Å². The Morgan fingerprint density at radius 3 is 2.81 bits per heavy atom. The summed E-state index contributed by atoms with van der Waals surface area (Å²) < 4.78 is 10.00. The van der Waals surface area contributed by atoms with E-state index in [1.807, 2.05) is 4.90 Å². The molecule has 2 aliphatic heterocycles. The minimum atomic E-state index is -0.557. The fraction of sp³-hybridized carbons (Fsp3) is 0.412. The van der Waals surface area contributed by atoms with Crippen molar-refractivity contribution in [3.05, 3.63) is 29.8 Å². The van der Waals surface area contributed by atoms with Gasteiger partial charge in [0.05, 0.1) is 31.6 Å². The van der Waals surface area contributed by atoms with E-state index < -0.39 is 11.2 Å². The molecule has 0 radical (unpaired) electrons. The summed E-state index contributed by atoms with van der Waals surface area (Å²) in [5.41, 5.74) is 0.619. The van der Waals surface area contributed by atoms with Gasteiger partial charge in [-0.05, 0) is 12.1 Å². The first-order valence-corrected chi connectivity index (χ1v) is 9.05. The van der Waals surface area contributed by atoms with E-state index in [4.69, 9.17) is 9.47 Å². The summed E-state index contributed by atoms with van der Waals surface area (Å²) in [5, 5.41) is 2.76. The molecule has 1 aromatic rings. The van der Waals surface area contributed by atoms with Gasteiger partial charge in [0.2, 0.25) is 5.91 Å². The lowest BCUT2D eigenvalue weighted by molar-refractivity contribution is -0.121. The van der Waals surface area contributed by atoms with Crippen molar-refractivity contribution in [1.82, 2.24) is 4.90 Å². The number of benzene rings is 1. The van der Waals surface area contributed by atoms with E-state index in [1.54, 1.807) is 24.3 Å². The fourth-order valence-electron chi connectivity index (χ4n) is 2.65. The van der Waals surface area contributed by atoms with Gasteiger partial charge in [-0.25, -0.2) is 4.79 Å². The second kappa shape index (κ2) is 8.33. The molecule has 1 saturated heterocycles. The highest BCUT2D eigenvalue weighted by molar-refractivity contribution is 8.15. The van der Waals surface area contributed by atoms with E-state index in [0.717, 1.165) is 0 Å². The predicted molar refractivity (Wildman–Crippen MR) is 97.2 cm³/mol. The summed E-state index contributed by atoms with van der Waals surface area (Å²) in [6.07, 6.45) is -0.0175. The highest BCUT2D eigenvalue weighted by Gasteiger charge is 2.33. The molecule has 26 heavy (non-hydrogen) atoms. The number of thioether (sulfide) groups is 1. The van der Waals surface area contributed by atoms with Gasteiger partial charge in [-0.2, -0.15) is 4.99 Å². The van der Waals surface area contributed by atoms with Crippen molar-refractivity contribution < 1.29 is 23.9 Å². The monoisotopic (exact) mass is 377 g/mol. The number of methoxy groups -OCH3 is 1. The average molecular weight is 377 g/mol. The fourth-order valence-corrected chi connectivity index (χ4v) is 3.77.